The van der Waals surface area contributed by atoms with Crippen LogP contribution in [0.25, 0.3) is 0 Å². The molecule has 0 heterocycles. The molecule has 0 bridgehead atoms. The Balaban J connectivity index is 2.29. The van der Waals surface area contributed by atoms with Gasteiger partial charge in [-0.1, -0.05) is 48.9 Å². The molecule has 0 radical (unpaired) electrons. The van der Waals surface area contributed by atoms with Gasteiger partial charge in [-0.05, 0) is 24.1 Å². The van der Waals surface area contributed by atoms with Crippen LogP contribution in [0, 0.1) is 6.92 Å². The number of ketones is 1. The molecule has 0 aliphatic heterocycles. The number of aryl methyl sites for hydroxylation is 1. The molecule has 0 saturated carbocycles. The number of rotatable bonds is 0. The number of carbonyl (C=O) groups is 1. The van der Waals surface area contributed by atoms with E-state index in [0.29, 0.717) is 5.92 Å². The summed E-state index contributed by atoms with van der Waals surface area (Å²) >= 11 is 0. The fraction of sp³-hybridized carbons (Fsp3) is 0.188. The Morgan fingerprint density at radius 3 is 2.47 bits per heavy atom. The smallest absolute Gasteiger partial charge is 0.193 e. The van der Waals surface area contributed by atoms with Crippen molar-refractivity contribution in [1.29, 1.82) is 0 Å². The van der Waals surface area contributed by atoms with Crippen LogP contribution in [0.3, 0.4) is 0 Å². The highest BCUT2D eigenvalue weighted by molar-refractivity contribution is 6.12. The molecule has 1 nitrogen and oxygen atoms in total. The second-order valence-corrected chi connectivity index (χ2v) is 4.73. The van der Waals surface area contributed by atoms with E-state index in [1.165, 1.54) is 0 Å². The molecule has 0 aromatic heterocycles. The van der Waals surface area contributed by atoms with Gasteiger partial charge in [0.15, 0.2) is 5.78 Å². The van der Waals surface area contributed by atoms with Gasteiger partial charge >= 0.3 is 0 Å². The number of benzene rings is 2. The first-order chi connectivity index (χ1) is 8.18. The minimum atomic E-state index is 0.164. The van der Waals surface area contributed by atoms with Crippen LogP contribution in [0.1, 0.15) is 45.5 Å². The number of hydrogen-bond acceptors (Lipinski definition) is 1. The normalized spacial score (nSPS) is 17.5. The van der Waals surface area contributed by atoms with Crippen LogP contribution >= 0.6 is 0 Å². The van der Waals surface area contributed by atoms with E-state index in [1.807, 2.05) is 31.2 Å². The van der Waals surface area contributed by atoms with Crippen LogP contribution < -0.4 is 0 Å². The van der Waals surface area contributed by atoms with Gasteiger partial charge in [0.05, 0.1) is 0 Å². The summed E-state index contributed by atoms with van der Waals surface area (Å²) in [6.45, 7) is 4.19. The van der Waals surface area contributed by atoms with Gasteiger partial charge in [0.1, 0.15) is 0 Å². The topological polar surface area (TPSA) is 17.1 Å². The maximum Gasteiger partial charge on any atom is 0.193 e. The average molecular weight is 222 g/mol. The number of hydrogen-bond donors (Lipinski definition) is 0. The molecule has 0 saturated heterocycles. The van der Waals surface area contributed by atoms with Gasteiger partial charge < -0.3 is 0 Å². The van der Waals surface area contributed by atoms with Crippen molar-refractivity contribution in [3.8, 4) is 0 Å². The van der Waals surface area contributed by atoms with E-state index in [1.54, 1.807) is 0 Å². The van der Waals surface area contributed by atoms with Crippen LogP contribution in [0.5, 0.6) is 0 Å². The van der Waals surface area contributed by atoms with Crippen molar-refractivity contribution in [1.82, 2.24) is 0 Å². The largest absolute Gasteiger partial charge is 0.289 e. The molecule has 1 unspecified atom stereocenters. The maximum absolute atomic E-state index is 12.4. The van der Waals surface area contributed by atoms with Gasteiger partial charge in [-0.3, -0.25) is 4.79 Å². The third-order valence-corrected chi connectivity index (χ3v) is 3.59. The monoisotopic (exact) mass is 222 g/mol. The van der Waals surface area contributed by atoms with Crippen molar-refractivity contribution in [2.75, 3.05) is 0 Å². The lowest BCUT2D eigenvalue weighted by Gasteiger charge is -2.24. The van der Waals surface area contributed by atoms with Crippen molar-refractivity contribution >= 4 is 5.78 Å². The summed E-state index contributed by atoms with van der Waals surface area (Å²) in [6.07, 6.45) is 0. The molecule has 0 fully saturated rings. The molecule has 17 heavy (non-hydrogen) atoms. The van der Waals surface area contributed by atoms with E-state index in [4.69, 9.17) is 0 Å². The van der Waals surface area contributed by atoms with Gasteiger partial charge in [-0.2, -0.15) is 0 Å². The fourth-order valence-electron chi connectivity index (χ4n) is 2.64. The van der Waals surface area contributed by atoms with Gasteiger partial charge in [-0.15, -0.1) is 0 Å². The molecular weight excluding hydrogens is 208 g/mol. The molecular formula is C16H14O. The van der Waals surface area contributed by atoms with Crippen LogP contribution in [0.15, 0.2) is 42.5 Å². The predicted octanol–water partition coefficient (Wildman–Crippen LogP) is 3.69. The third-order valence-electron chi connectivity index (χ3n) is 3.59. The molecule has 2 aromatic carbocycles. The Labute approximate surface area is 101 Å². The van der Waals surface area contributed by atoms with Crippen molar-refractivity contribution in [3.05, 3.63) is 70.3 Å². The van der Waals surface area contributed by atoms with E-state index in [2.05, 4.69) is 25.1 Å². The summed E-state index contributed by atoms with van der Waals surface area (Å²) < 4.78 is 0. The fourth-order valence-corrected chi connectivity index (χ4v) is 2.64. The first-order valence-electron chi connectivity index (χ1n) is 5.92. The Bertz CT molecular complexity index is 611. The van der Waals surface area contributed by atoms with E-state index >= 15 is 0 Å². The van der Waals surface area contributed by atoms with E-state index < -0.39 is 0 Å². The zero-order valence-electron chi connectivity index (χ0n) is 10.0. The van der Waals surface area contributed by atoms with Gasteiger partial charge in [-0.25, -0.2) is 0 Å². The van der Waals surface area contributed by atoms with Crippen LogP contribution in [0.4, 0.5) is 0 Å². The highest BCUT2D eigenvalue weighted by atomic mass is 16.1. The van der Waals surface area contributed by atoms with Gasteiger partial charge in [0.2, 0.25) is 0 Å². The van der Waals surface area contributed by atoms with E-state index in [9.17, 15) is 4.79 Å². The number of fused-ring (bicyclic) bond motifs is 2. The lowest BCUT2D eigenvalue weighted by Crippen LogP contribution is -2.17. The molecule has 84 valence electrons. The molecule has 1 atom stereocenters. The summed E-state index contributed by atoms with van der Waals surface area (Å²) in [5, 5.41) is 0. The minimum absolute atomic E-state index is 0.164. The quantitative estimate of drug-likeness (QED) is 0.664. The summed E-state index contributed by atoms with van der Waals surface area (Å²) in [7, 11) is 0. The van der Waals surface area contributed by atoms with Crippen LogP contribution in [-0.4, -0.2) is 5.78 Å². The van der Waals surface area contributed by atoms with Gasteiger partial charge in [0, 0.05) is 17.0 Å². The highest BCUT2D eigenvalue weighted by Gasteiger charge is 2.27. The zero-order valence-corrected chi connectivity index (χ0v) is 10.0. The minimum Gasteiger partial charge on any atom is -0.289 e. The van der Waals surface area contributed by atoms with Crippen molar-refractivity contribution < 1.29 is 4.79 Å². The maximum atomic E-state index is 12.4. The number of carbonyl (C=O) groups excluding carboxylic acids is 1. The molecule has 2 aromatic rings. The molecule has 0 N–H and O–H groups in total. The Kier molecular flexibility index (Phi) is 2.15. The second kappa shape index (κ2) is 3.56. The summed E-state index contributed by atoms with van der Waals surface area (Å²) in [5.41, 5.74) is 5.17. The molecule has 0 amide bonds. The van der Waals surface area contributed by atoms with E-state index in [0.717, 1.165) is 27.8 Å². The Morgan fingerprint density at radius 1 is 0.941 bits per heavy atom. The molecule has 1 aliphatic rings. The second-order valence-electron chi connectivity index (χ2n) is 4.73. The first-order valence-corrected chi connectivity index (χ1v) is 5.92. The zero-order chi connectivity index (χ0) is 12.0. The van der Waals surface area contributed by atoms with Crippen molar-refractivity contribution in [2.24, 2.45) is 0 Å². The standard InChI is InChI=1S/C16H14O/c1-10-7-8-13-11(2)12-5-3-4-6-14(12)16(17)15(13)9-10/h3-9,11H,1-2H3. The van der Waals surface area contributed by atoms with Crippen molar-refractivity contribution in [2.45, 2.75) is 19.8 Å². The first kappa shape index (κ1) is 10.3. The molecule has 0 spiro atoms. The third kappa shape index (κ3) is 1.42. The van der Waals surface area contributed by atoms with Crippen LogP contribution in [-0.2, 0) is 0 Å². The molecule has 1 aliphatic carbocycles. The predicted molar refractivity (Wildman–Crippen MR) is 68.6 cm³/mol. The average Bonchev–Trinajstić information content (AvgIpc) is 2.36. The van der Waals surface area contributed by atoms with E-state index in [-0.39, 0.29) is 5.78 Å². The Hall–Kier alpha value is -1.89. The van der Waals surface area contributed by atoms with Crippen LogP contribution in [0.2, 0.25) is 0 Å². The SMILES string of the molecule is Cc1ccc2c(c1)C(=O)c1ccccc1C2C. The summed E-state index contributed by atoms with van der Waals surface area (Å²) in [5.74, 6) is 0.469. The summed E-state index contributed by atoms with van der Waals surface area (Å²) in [6, 6.07) is 14.1. The lowest BCUT2D eigenvalue weighted by atomic mass is 9.78. The van der Waals surface area contributed by atoms with Crippen molar-refractivity contribution in [3.63, 3.8) is 0 Å². The lowest BCUT2D eigenvalue weighted by molar-refractivity contribution is 0.103. The summed E-state index contributed by atoms with van der Waals surface area (Å²) in [4.78, 5) is 12.4. The molecule has 1 heteroatoms. The molecule has 3 rings (SSSR count). The Morgan fingerprint density at radius 2 is 1.65 bits per heavy atom. The highest BCUT2D eigenvalue weighted by Crippen LogP contribution is 2.36. The van der Waals surface area contributed by atoms with Gasteiger partial charge in [0.25, 0.3) is 0 Å².